The van der Waals surface area contributed by atoms with Crippen LogP contribution in [0.1, 0.15) is 12.8 Å². The fraction of sp³-hybridized carbons (Fsp3) is 0.300. The molecule has 1 amide bonds. The number of carbonyl (C=O) groups excluding carboxylic acids is 1. The van der Waals surface area contributed by atoms with E-state index in [2.05, 4.69) is 5.32 Å². The van der Waals surface area contributed by atoms with E-state index < -0.39 is 5.82 Å². The Kier molecular flexibility index (Phi) is 4.52. The number of halogens is 2. The molecule has 3 N–H and O–H groups in total. The number of nitrogens with one attached hydrogen (secondary N) is 1. The maximum atomic E-state index is 13.3. The minimum atomic E-state index is -0.611. The molecule has 0 spiro atoms. The molecule has 0 unspecified atom stereocenters. The second-order valence-electron chi connectivity index (χ2n) is 3.04. The maximum absolute atomic E-state index is 13.3. The number of carbonyl (C=O) groups is 1. The number of rotatable bonds is 4. The molecule has 1 rings (SSSR count). The predicted molar refractivity (Wildman–Crippen MR) is 58.3 cm³/mol. The van der Waals surface area contributed by atoms with E-state index in [4.69, 9.17) is 17.3 Å². The maximum Gasteiger partial charge on any atom is 0.224 e. The average Bonchev–Trinajstić information content (AvgIpc) is 2.22. The minimum absolute atomic E-state index is 0.00775. The highest BCUT2D eigenvalue weighted by molar-refractivity contribution is 6.31. The average molecular weight is 231 g/mol. The van der Waals surface area contributed by atoms with Crippen molar-refractivity contribution in [2.45, 2.75) is 12.8 Å². The Morgan fingerprint density at radius 1 is 1.53 bits per heavy atom. The molecule has 0 aromatic heterocycles. The first-order valence-corrected chi connectivity index (χ1v) is 4.97. The van der Waals surface area contributed by atoms with Crippen molar-refractivity contribution in [3.63, 3.8) is 0 Å². The number of hydrogen-bond donors (Lipinski definition) is 2. The van der Waals surface area contributed by atoms with E-state index in [-0.39, 0.29) is 23.0 Å². The van der Waals surface area contributed by atoms with Gasteiger partial charge in [-0.25, -0.2) is 4.39 Å². The van der Waals surface area contributed by atoms with Crippen LogP contribution >= 0.6 is 11.6 Å². The molecule has 0 bridgehead atoms. The number of hydrogen-bond acceptors (Lipinski definition) is 2. The van der Waals surface area contributed by atoms with E-state index in [1.165, 1.54) is 12.1 Å². The number of benzene rings is 1. The molecule has 1 aromatic rings. The summed E-state index contributed by atoms with van der Waals surface area (Å²) in [5.74, 6) is -0.873. The van der Waals surface area contributed by atoms with E-state index in [1.54, 1.807) is 6.07 Å². The summed E-state index contributed by atoms with van der Waals surface area (Å²) in [5.41, 5.74) is 5.35. The number of amides is 1. The summed E-state index contributed by atoms with van der Waals surface area (Å²) >= 11 is 5.56. The molecule has 0 saturated carbocycles. The van der Waals surface area contributed by atoms with Crippen LogP contribution in [0.15, 0.2) is 18.2 Å². The first-order chi connectivity index (χ1) is 7.15. The number of anilines is 1. The van der Waals surface area contributed by atoms with Gasteiger partial charge in [-0.05, 0) is 25.1 Å². The van der Waals surface area contributed by atoms with Gasteiger partial charge in [-0.2, -0.15) is 0 Å². The summed E-state index contributed by atoms with van der Waals surface area (Å²) < 4.78 is 13.3. The van der Waals surface area contributed by atoms with Crippen LogP contribution in [0.3, 0.4) is 0 Å². The van der Waals surface area contributed by atoms with E-state index >= 15 is 0 Å². The predicted octanol–water partition coefficient (Wildman–Crippen LogP) is 2.16. The van der Waals surface area contributed by atoms with Crippen molar-refractivity contribution in [1.29, 1.82) is 0 Å². The van der Waals surface area contributed by atoms with Gasteiger partial charge in [0.15, 0.2) is 5.82 Å². The fourth-order valence-electron chi connectivity index (χ4n) is 1.08. The zero-order valence-electron chi connectivity index (χ0n) is 8.09. The zero-order valence-corrected chi connectivity index (χ0v) is 8.85. The lowest BCUT2D eigenvalue weighted by atomic mass is 10.2. The molecule has 5 heteroatoms. The van der Waals surface area contributed by atoms with Gasteiger partial charge >= 0.3 is 0 Å². The lowest BCUT2D eigenvalue weighted by molar-refractivity contribution is -0.116. The summed E-state index contributed by atoms with van der Waals surface area (Å²) in [7, 11) is 0. The van der Waals surface area contributed by atoms with Crippen molar-refractivity contribution in [3.8, 4) is 0 Å². The fourth-order valence-corrected chi connectivity index (χ4v) is 1.25. The lowest BCUT2D eigenvalue weighted by Gasteiger charge is -2.06. The lowest BCUT2D eigenvalue weighted by Crippen LogP contribution is -2.14. The van der Waals surface area contributed by atoms with Crippen molar-refractivity contribution in [2.75, 3.05) is 11.9 Å². The van der Waals surface area contributed by atoms with Crippen molar-refractivity contribution >= 4 is 23.2 Å². The van der Waals surface area contributed by atoms with Gasteiger partial charge in [0.05, 0.1) is 10.7 Å². The Labute approximate surface area is 92.4 Å². The second kappa shape index (κ2) is 5.68. The minimum Gasteiger partial charge on any atom is -0.330 e. The normalized spacial score (nSPS) is 10.1. The zero-order chi connectivity index (χ0) is 11.3. The van der Waals surface area contributed by atoms with Crippen LogP contribution in [0.4, 0.5) is 10.1 Å². The van der Waals surface area contributed by atoms with Gasteiger partial charge < -0.3 is 11.1 Å². The van der Waals surface area contributed by atoms with Crippen LogP contribution in [0.25, 0.3) is 0 Å². The largest absolute Gasteiger partial charge is 0.330 e. The Hall–Kier alpha value is -1.13. The quantitative estimate of drug-likeness (QED) is 0.833. The summed E-state index contributed by atoms with van der Waals surface area (Å²) in [5, 5.41) is 2.42. The van der Waals surface area contributed by atoms with Crippen molar-refractivity contribution < 1.29 is 9.18 Å². The topological polar surface area (TPSA) is 55.1 Å². The molecule has 0 aliphatic carbocycles. The van der Waals surface area contributed by atoms with Crippen LogP contribution in [0, 0.1) is 5.82 Å². The van der Waals surface area contributed by atoms with Gasteiger partial charge in [0.25, 0.3) is 0 Å². The highest BCUT2D eigenvalue weighted by atomic mass is 35.5. The van der Waals surface area contributed by atoms with Crippen LogP contribution in [0.2, 0.25) is 5.02 Å². The van der Waals surface area contributed by atoms with E-state index in [9.17, 15) is 9.18 Å². The van der Waals surface area contributed by atoms with Gasteiger partial charge in [0.2, 0.25) is 5.91 Å². The van der Waals surface area contributed by atoms with Gasteiger partial charge in [-0.3, -0.25) is 4.79 Å². The molecule has 0 atom stereocenters. The van der Waals surface area contributed by atoms with Crippen molar-refractivity contribution in [1.82, 2.24) is 0 Å². The monoisotopic (exact) mass is 230 g/mol. The third-order valence-corrected chi connectivity index (χ3v) is 2.13. The molecule has 0 heterocycles. The van der Waals surface area contributed by atoms with Crippen LogP contribution in [0.5, 0.6) is 0 Å². The molecular weight excluding hydrogens is 219 g/mol. The third-order valence-electron chi connectivity index (χ3n) is 1.83. The number of nitrogens with two attached hydrogens (primary N) is 1. The van der Waals surface area contributed by atoms with Gasteiger partial charge in [0, 0.05) is 6.42 Å². The standard InChI is InChI=1S/C10H12ClFN2O/c11-7-3-1-4-8(10(7)12)14-9(15)5-2-6-13/h1,3-4H,2,5-6,13H2,(H,14,15). The van der Waals surface area contributed by atoms with Crippen LogP contribution < -0.4 is 11.1 Å². The Balaban J connectivity index is 2.64. The second-order valence-corrected chi connectivity index (χ2v) is 3.45. The Bertz CT molecular complexity index is 357. The molecule has 0 fully saturated rings. The smallest absolute Gasteiger partial charge is 0.224 e. The summed E-state index contributed by atoms with van der Waals surface area (Å²) in [4.78, 5) is 11.3. The molecule has 0 aliphatic heterocycles. The van der Waals surface area contributed by atoms with E-state index in [0.29, 0.717) is 13.0 Å². The highest BCUT2D eigenvalue weighted by Gasteiger charge is 2.08. The van der Waals surface area contributed by atoms with Crippen LogP contribution in [-0.4, -0.2) is 12.5 Å². The molecule has 15 heavy (non-hydrogen) atoms. The molecule has 0 saturated heterocycles. The molecule has 1 aromatic carbocycles. The van der Waals surface area contributed by atoms with Gasteiger partial charge in [-0.1, -0.05) is 17.7 Å². The summed E-state index contributed by atoms with van der Waals surface area (Å²) in [6.45, 7) is 0.436. The summed E-state index contributed by atoms with van der Waals surface area (Å²) in [6.07, 6.45) is 0.858. The third kappa shape index (κ3) is 3.49. The van der Waals surface area contributed by atoms with Crippen LogP contribution in [-0.2, 0) is 4.79 Å². The molecule has 3 nitrogen and oxygen atoms in total. The van der Waals surface area contributed by atoms with E-state index in [1.807, 2.05) is 0 Å². The summed E-state index contributed by atoms with van der Waals surface area (Å²) in [6, 6.07) is 4.46. The van der Waals surface area contributed by atoms with Gasteiger partial charge in [-0.15, -0.1) is 0 Å². The molecular formula is C10H12ClFN2O. The van der Waals surface area contributed by atoms with Gasteiger partial charge in [0.1, 0.15) is 0 Å². The first kappa shape index (κ1) is 11.9. The first-order valence-electron chi connectivity index (χ1n) is 4.59. The molecule has 0 radical (unpaired) electrons. The van der Waals surface area contributed by atoms with Crippen molar-refractivity contribution in [2.24, 2.45) is 5.73 Å². The SMILES string of the molecule is NCCCC(=O)Nc1cccc(Cl)c1F. The highest BCUT2D eigenvalue weighted by Crippen LogP contribution is 2.21. The van der Waals surface area contributed by atoms with E-state index in [0.717, 1.165) is 0 Å². The Morgan fingerprint density at radius 3 is 2.93 bits per heavy atom. The molecule has 0 aliphatic rings. The molecule has 82 valence electrons. The Morgan fingerprint density at radius 2 is 2.27 bits per heavy atom. The van der Waals surface area contributed by atoms with Crippen molar-refractivity contribution in [3.05, 3.63) is 29.0 Å².